The third-order valence-corrected chi connectivity index (χ3v) is 3.38. The van der Waals surface area contributed by atoms with Gasteiger partial charge >= 0.3 is 0 Å². The van der Waals surface area contributed by atoms with Crippen molar-refractivity contribution in [2.45, 2.75) is 0 Å². The summed E-state index contributed by atoms with van der Waals surface area (Å²) in [7, 11) is 0. The zero-order chi connectivity index (χ0) is 13.9. The average molecular weight is 282 g/mol. The lowest BCUT2D eigenvalue weighted by molar-refractivity contribution is 0.515. The zero-order valence-corrected chi connectivity index (χ0v) is 11.4. The van der Waals surface area contributed by atoms with E-state index in [0.717, 1.165) is 10.9 Å². The van der Waals surface area contributed by atoms with E-state index in [1.165, 1.54) is 0 Å². The highest BCUT2D eigenvalue weighted by atomic mass is 35.5. The van der Waals surface area contributed by atoms with Crippen LogP contribution in [0.2, 0.25) is 5.02 Å². The van der Waals surface area contributed by atoms with Crippen LogP contribution in [-0.2, 0) is 0 Å². The van der Waals surface area contributed by atoms with E-state index in [0.29, 0.717) is 16.3 Å². The Morgan fingerprint density at radius 2 is 1.70 bits per heavy atom. The van der Waals surface area contributed by atoms with Gasteiger partial charge in [0, 0.05) is 17.0 Å². The van der Waals surface area contributed by atoms with Gasteiger partial charge in [0.15, 0.2) is 0 Å². The molecule has 3 heteroatoms. The normalized spacial score (nSPS) is 11.8. The summed E-state index contributed by atoms with van der Waals surface area (Å²) in [5.41, 5.74) is 2.19. The van der Waals surface area contributed by atoms with Crippen LogP contribution < -0.4 is 0 Å². The van der Waals surface area contributed by atoms with Crippen molar-refractivity contribution in [3.63, 3.8) is 0 Å². The minimum Gasteiger partial charge on any atom is -0.507 e. The first-order valence-corrected chi connectivity index (χ1v) is 6.63. The predicted molar refractivity (Wildman–Crippen MR) is 83.7 cm³/mol. The number of aliphatic hydroxyl groups is 1. The van der Waals surface area contributed by atoms with Crippen LogP contribution in [0.5, 0.6) is 0 Å². The second-order valence-corrected chi connectivity index (χ2v) is 4.85. The van der Waals surface area contributed by atoms with E-state index in [2.05, 4.69) is 4.98 Å². The summed E-state index contributed by atoms with van der Waals surface area (Å²) in [6.45, 7) is 0. The summed E-state index contributed by atoms with van der Waals surface area (Å²) < 4.78 is 0. The molecule has 2 nitrogen and oxygen atoms in total. The van der Waals surface area contributed by atoms with Crippen LogP contribution in [0.3, 0.4) is 0 Å². The number of nitrogens with zero attached hydrogens (tertiary/aromatic N) is 1. The van der Waals surface area contributed by atoms with Gasteiger partial charge in [0.05, 0.1) is 16.2 Å². The molecule has 3 aromatic rings. The molecule has 0 spiro atoms. The van der Waals surface area contributed by atoms with Gasteiger partial charge in [-0.25, -0.2) is 4.98 Å². The number of fused-ring (bicyclic) bond motifs is 1. The first kappa shape index (κ1) is 12.7. The molecule has 0 unspecified atom stereocenters. The van der Waals surface area contributed by atoms with E-state index in [1.807, 2.05) is 48.5 Å². The SMILES string of the molecule is O/C(=C/c1ccc2ccccc2n1)c1ccccc1Cl. The van der Waals surface area contributed by atoms with Gasteiger partial charge in [-0.15, -0.1) is 0 Å². The molecule has 0 saturated heterocycles. The van der Waals surface area contributed by atoms with Crippen molar-refractivity contribution in [2.24, 2.45) is 0 Å². The Hall–Kier alpha value is -2.32. The lowest BCUT2D eigenvalue weighted by Gasteiger charge is -2.03. The number of aliphatic hydroxyl groups excluding tert-OH is 1. The maximum atomic E-state index is 10.2. The minimum absolute atomic E-state index is 0.110. The van der Waals surface area contributed by atoms with Crippen molar-refractivity contribution in [3.8, 4) is 0 Å². The van der Waals surface area contributed by atoms with Gasteiger partial charge in [-0.2, -0.15) is 0 Å². The number of para-hydroxylation sites is 1. The maximum absolute atomic E-state index is 10.2. The highest BCUT2D eigenvalue weighted by Gasteiger charge is 2.04. The molecule has 1 N–H and O–H groups in total. The van der Waals surface area contributed by atoms with Crippen LogP contribution in [0.15, 0.2) is 60.7 Å². The van der Waals surface area contributed by atoms with Crippen LogP contribution in [0.4, 0.5) is 0 Å². The second kappa shape index (κ2) is 5.35. The van der Waals surface area contributed by atoms with Gasteiger partial charge < -0.3 is 5.11 Å². The molecule has 1 aromatic heterocycles. The summed E-state index contributed by atoms with van der Waals surface area (Å²) in [6.07, 6.45) is 1.62. The molecule has 0 bridgehead atoms. The summed E-state index contributed by atoms with van der Waals surface area (Å²) in [5, 5.41) is 11.8. The number of halogens is 1. The third kappa shape index (κ3) is 2.51. The average Bonchev–Trinajstić information content (AvgIpc) is 2.47. The molecule has 0 saturated carbocycles. The molecule has 1 heterocycles. The zero-order valence-electron chi connectivity index (χ0n) is 10.6. The van der Waals surface area contributed by atoms with E-state index in [1.54, 1.807) is 18.2 Å². The summed E-state index contributed by atoms with van der Waals surface area (Å²) in [4.78, 5) is 4.49. The van der Waals surface area contributed by atoms with Crippen molar-refractivity contribution in [2.75, 3.05) is 0 Å². The molecule has 0 fully saturated rings. The van der Waals surface area contributed by atoms with E-state index in [-0.39, 0.29) is 5.76 Å². The Balaban J connectivity index is 2.03. The summed E-state index contributed by atoms with van der Waals surface area (Å²) >= 11 is 6.06. The monoisotopic (exact) mass is 281 g/mol. The molecule has 0 aliphatic heterocycles. The van der Waals surface area contributed by atoms with Crippen molar-refractivity contribution in [1.82, 2.24) is 4.98 Å². The highest BCUT2D eigenvalue weighted by molar-refractivity contribution is 6.32. The second-order valence-electron chi connectivity index (χ2n) is 4.44. The smallest absolute Gasteiger partial charge is 0.126 e. The molecule has 0 aliphatic rings. The number of rotatable bonds is 2. The van der Waals surface area contributed by atoms with Crippen LogP contribution in [-0.4, -0.2) is 10.1 Å². The van der Waals surface area contributed by atoms with Gasteiger partial charge in [0.25, 0.3) is 0 Å². The number of hydrogen-bond donors (Lipinski definition) is 1. The Bertz CT molecular complexity index is 796. The Morgan fingerprint density at radius 3 is 2.55 bits per heavy atom. The fraction of sp³-hybridized carbons (Fsp3) is 0. The summed E-state index contributed by atoms with van der Waals surface area (Å²) in [5.74, 6) is 0.110. The topological polar surface area (TPSA) is 33.1 Å². The van der Waals surface area contributed by atoms with Crippen molar-refractivity contribution in [3.05, 3.63) is 76.9 Å². The molecule has 98 valence electrons. The van der Waals surface area contributed by atoms with Crippen LogP contribution >= 0.6 is 11.6 Å². The lowest BCUT2D eigenvalue weighted by Crippen LogP contribution is -1.87. The van der Waals surface area contributed by atoms with E-state index in [4.69, 9.17) is 11.6 Å². The van der Waals surface area contributed by atoms with E-state index in [9.17, 15) is 5.11 Å². The Kier molecular flexibility index (Phi) is 3.40. The first-order chi connectivity index (χ1) is 9.74. The standard InChI is InChI=1S/C17H12ClNO/c18-15-7-3-2-6-14(15)17(20)11-13-10-9-12-5-1-4-8-16(12)19-13/h1-11,20H/b17-11+. The Labute approximate surface area is 122 Å². The maximum Gasteiger partial charge on any atom is 0.126 e. The van der Waals surface area contributed by atoms with Crippen molar-refractivity contribution >= 4 is 34.3 Å². The van der Waals surface area contributed by atoms with Gasteiger partial charge in [-0.3, -0.25) is 0 Å². The molecule has 3 rings (SSSR count). The minimum atomic E-state index is 0.110. The Morgan fingerprint density at radius 1 is 0.950 bits per heavy atom. The fourth-order valence-corrected chi connectivity index (χ4v) is 2.28. The van der Waals surface area contributed by atoms with Crippen molar-refractivity contribution < 1.29 is 5.11 Å². The quantitative estimate of drug-likeness (QED) is 0.675. The predicted octanol–water partition coefficient (Wildman–Crippen LogP) is 4.94. The van der Waals surface area contributed by atoms with Gasteiger partial charge in [0.1, 0.15) is 5.76 Å². The number of pyridine rings is 1. The van der Waals surface area contributed by atoms with Crippen molar-refractivity contribution in [1.29, 1.82) is 0 Å². The summed E-state index contributed by atoms with van der Waals surface area (Å²) in [6, 6.07) is 18.9. The van der Waals surface area contributed by atoms with E-state index >= 15 is 0 Å². The van der Waals surface area contributed by atoms with Gasteiger partial charge in [-0.05, 0) is 24.3 Å². The number of aromatic nitrogens is 1. The van der Waals surface area contributed by atoms with Gasteiger partial charge in [-0.1, -0.05) is 48.0 Å². The molecule has 0 aliphatic carbocycles. The molecule has 2 aromatic carbocycles. The molecule has 0 radical (unpaired) electrons. The van der Waals surface area contributed by atoms with E-state index < -0.39 is 0 Å². The molecule has 20 heavy (non-hydrogen) atoms. The lowest BCUT2D eigenvalue weighted by atomic mass is 10.1. The number of benzene rings is 2. The largest absolute Gasteiger partial charge is 0.507 e. The number of hydrogen-bond acceptors (Lipinski definition) is 2. The molecular weight excluding hydrogens is 270 g/mol. The van der Waals surface area contributed by atoms with Crippen LogP contribution in [0, 0.1) is 0 Å². The third-order valence-electron chi connectivity index (χ3n) is 3.05. The van der Waals surface area contributed by atoms with Gasteiger partial charge in [0.2, 0.25) is 0 Å². The first-order valence-electron chi connectivity index (χ1n) is 6.25. The van der Waals surface area contributed by atoms with Crippen LogP contribution in [0.25, 0.3) is 22.7 Å². The molecule has 0 amide bonds. The van der Waals surface area contributed by atoms with Crippen LogP contribution in [0.1, 0.15) is 11.3 Å². The molecule has 0 atom stereocenters. The molecular formula is C17H12ClNO. The fourth-order valence-electron chi connectivity index (χ4n) is 2.05. The highest BCUT2D eigenvalue weighted by Crippen LogP contribution is 2.23.